The summed E-state index contributed by atoms with van der Waals surface area (Å²) in [5.74, 6) is -0.497. The molecule has 0 aliphatic carbocycles. The molecule has 16 heavy (non-hydrogen) atoms. The third-order valence-corrected chi connectivity index (χ3v) is 2.60. The zero-order valence-corrected chi connectivity index (χ0v) is 11.0. The second-order valence-corrected chi connectivity index (χ2v) is 7.67. The van der Waals surface area contributed by atoms with Gasteiger partial charge in [0.05, 0.1) is 0 Å². The summed E-state index contributed by atoms with van der Waals surface area (Å²) in [6, 6.07) is 5.40. The lowest BCUT2D eigenvalue weighted by molar-refractivity contribution is -0.313. The molecule has 1 unspecified atom stereocenters. The third-order valence-electron chi connectivity index (χ3n) is 1.28. The molecule has 0 radical (unpaired) electrons. The van der Waals surface area contributed by atoms with E-state index in [2.05, 4.69) is 33.1 Å². The van der Waals surface area contributed by atoms with Crippen LogP contribution in [-0.4, -0.2) is 4.89 Å². The molecule has 0 heterocycles. The van der Waals surface area contributed by atoms with Crippen LogP contribution in [-0.2, 0) is 16.4 Å². The Labute approximate surface area is 102 Å². The molecule has 0 saturated heterocycles. The van der Waals surface area contributed by atoms with Gasteiger partial charge in [0.2, 0.25) is 0 Å². The molecule has 10 heteroatoms. The van der Waals surface area contributed by atoms with Gasteiger partial charge in [0.1, 0.15) is 0 Å². The van der Waals surface area contributed by atoms with Gasteiger partial charge in [0.15, 0.2) is 11.5 Å². The molecule has 1 N–H and O–H groups in total. The highest BCUT2D eigenvalue weighted by atomic mass is 32.7. The molecule has 1 aromatic rings. The van der Waals surface area contributed by atoms with E-state index in [1.165, 1.54) is 24.3 Å². The standard InChI is InChI=1S/C6H8O6P2S2/c7-13(8,15)11-5-3-1-2-4-6(5)12-14(9,10)16/h1-4H,(H2,7,8,15)(H2,9,10,16)/p-2. The van der Waals surface area contributed by atoms with E-state index in [1.807, 2.05) is 0 Å². The Hall–Kier alpha value is -0.0700. The molecule has 0 aromatic heterocycles. The molecule has 0 saturated carbocycles. The Kier molecular flexibility index (Phi) is 4.42. The molecular formula is C6H6O6P2S2-2. The fourth-order valence-corrected chi connectivity index (χ4v) is 2.15. The number of hydrogen-bond acceptors (Lipinski definition) is 6. The maximum absolute atomic E-state index is 10.9. The maximum Gasteiger partial charge on any atom is 0.434 e. The van der Waals surface area contributed by atoms with Crippen LogP contribution >= 0.6 is 25.8 Å². The van der Waals surface area contributed by atoms with E-state index in [1.54, 1.807) is 0 Å². The fourth-order valence-electron chi connectivity index (χ4n) is 0.850. The van der Waals surface area contributed by atoms with Gasteiger partial charge in [-0.1, -0.05) is 23.9 Å². The largest absolute Gasteiger partial charge is 0.803 e. The van der Waals surface area contributed by atoms with Gasteiger partial charge in [0, 0.05) is 0 Å². The molecule has 0 fully saturated rings. The minimum Gasteiger partial charge on any atom is -0.803 e. The molecule has 0 aliphatic heterocycles. The first-order valence-electron chi connectivity index (χ1n) is 3.73. The Balaban J connectivity index is 3.01. The summed E-state index contributed by atoms with van der Waals surface area (Å²) < 4.78 is 19.8. The molecule has 1 atom stereocenters. The molecule has 0 spiro atoms. The smallest absolute Gasteiger partial charge is 0.434 e. The first kappa shape index (κ1) is 14.0. The van der Waals surface area contributed by atoms with Gasteiger partial charge in [-0.25, -0.2) is 4.57 Å². The molecular weight excluding hydrogens is 294 g/mol. The van der Waals surface area contributed by atoms with E-state index in [4.69, 9.17) is 4.89 Å². The van der Waals surface area contributed by atoms with Crippen LogP contribution in [0.2, 0.25) is 0 Å². The van der Waals surface area contributed by atoms with Gasteiger partial charge in [-0.2, -0.15) is 0 Å². The van der Waals surface area contributed by atoms with Crippen LogP contribution in [0.4, 0.5) is 0 Å². The van der Waals surface area contributed by atoms with Crippen LogP contribution < -0.4 is 18.8 Å². The van der Waals surface area contributed by atoms with E-state index < -0.39 is 13.5 Å². The van der Waals surface area contributed by atoms with E-state index >= 15 is 0 Å². The highest BCUT2D eigenvalue weighted by molar-refractivity contribution is 8.44. The van der Waals surface area contributed by atoms with Gasteiger partial charge < -0.3 is 23.7 Å². The van der Waals surface area contributed by atoms with Crippen LogP contribution in [0.5, 0.6) is 11.5 Å². The zero-order valence-electron chi connectivity index (χ0n) is 7.55. The normalized spacial score (nSPS) is 15.2. The fraction of sp³-hybridized carbons (Fsp3) is 0. The first-order valence-corrected chi connectivity index (χ1v) is 9.02. The summed E-state index contributed by atoms with van der Waals surface area (Å²) in [4.78, 5) is 30.3. The SMILES string of the molecule is O=P(O)(S)Oc1ccccc1OP([O-])([O-])=S. The lowest BCUT2D eigenvalue weighted by Gasteiger charge is -2.34. The maximum atomic E-state index is 10.9. The lowest BCUT2D eigenvalue weighted by atomic mass is 10.3. The molecule has 6 nitrogen and oxygen atoms in total. The van der Waals surface area contributed by atoms with Crippen LogP contribution in [0.15, 0.2) is 24.3 Å². The number of rotatable bonds is 4. The summed E-state index contributed by atoms with van der Waals surface area (Å²) >= 11 is 7.32. The van der Waals surface area contributed by atoms with Crippen molar-refractivity contribution in [2.75, 3.05) is 0 Å². The van der Waals surface area contributed by atoms with Gasteiger partial charge >= 0.3 is 6.80 Å². The van der Waals surface area contributed by atoms with Crippen molar-refractivity contribution in [1.29, 1.82) is 0 Å². The van der Waals surface area contributed by atoms with Gasteiger partial charge in [-0.05, 0) is 31.1 Å². The van der Waals surface area contributed by atoms with Crippen molar-refractivity contribution in [3.05, 3.63) is 24.3 Å². The minimum absolute atomic E-state index is 0.232. The number of hydrogen-bond donors (Lipinski definition) is 2. The second-order valence-electron chi connectivity index (χ2n) is 2.57. The number of benzene rings is 1. The van der Waals surface area contributed by atoms with E-state index in [9.17, 15) is 14.4 Å². The minimum atomic E-state index is -4.42. The summed E-state index contributed by atoms with van der Waals surface area (Å²) in [7, 11) is 0. The van der Waals surface area contributed by atoms with Crippen molar-refractivity contribution in [1.82, 2.24) is 0 Å². The van der Waals surface area contributed by atoms with Crippen molar-refractivity contribution >= 4 is 37.6 Å². The zero-order chi connectivity index (χ0) is 12.4. The molecule has 1 rings (SSSR count). The summed E-state index contributed by atoms with van der Waals surface area (Å²) in [6.07, 6.45) is 0. The average molecular weight is 300 g/mol. The molecule has 90 valence electrons. The topological polar surface area (TPSA) is 102 Å². The highest BCUT2D eigenvalue weighted by Gasteiger charge is 2.16. The van der Waals surface area contributed by atoms with Gasteiger partial charge in [-0.3, -0.25) is 0 Å². The summed E-state index contributed by atoms with van der Waals surface area (Å²) in [5, 5.41) is 0. The Morgan fingerprint density at radius 1 is 1.25 bits per heavy atom. The molecule has 0 aliphatic rings. The quantitative estimate of drug-likeness (QED) is 0.613. The van der Waals surface area contributed by atoms with Crippen LogP contribution in [0.3, 0.4) is 0 Å². The van der Waals surface area contributed by atoms with E-state index in [0.717, 1.165) is 0 Å². The first-order chi connectivity index (χ1) is 7.17. The summed E-state index contributed by atoms with van der Waals surface area (Å²) in [6.45, 7) is -8.51. The number of thiol groups is 1. The van der Waals surface area contributed by atoms with E-state index in [-0.39, 0.29) is 11.5 Å². The summed E-state index contributed by atoms with van der Waals surface area (Å²) in [5.41, 5.74) is 0. The monoisotopic (exact) mass is 300 g/mol. The van der Waals surface area contributed by atoms with Crippen molar-refractivity contribution < 1.29 is 28.3 Å². The van der Waals surface area contributed by atoms with E-state index in [0.29, 0.717) is 0 Å². The predicted molar refractivity (Wildman–Crippen MR) is 60.8 cm³/mol. The molecule has 1 aromatic carbocycles. The van der Waals surface area contributed by atoms with Crippen LogP contribution in [0.1, 0.15) is 0 Å². The molecule has 0 amide bonds. The van der Waals surface area contributed by atoms with Gasteiger partial charge in [0.25, 0.3) is 0 Å². The Morgan fingerprint density at radius 3 is 2.06 bits per heavy atom. The highest BCUT2D eigenvalue weighted by Crippen LogP contribution is 2.50. The Bertz CT molecular complexity index is 423. The van der Waals surface area contributed by atoms with Crippen LogP contribution in [0, 0.1) is 0 Å². The molecule has 0 bridgehead atoms. The van der Waals surface area contributed by atoms with Crippen molar-refractivity contribution in [2.24, 2.45) is 0 Å². The second kappa shape index (κ2) is 5.06. The third kappa shape index (κ3) is 5.32. The average Bonchev–Trinajstić information content (AvgIpc) is 2.03. The predicted octanol–water partition coefficient (Wildman–Crippen LogP) is 0.419. The van der Waals surface area contributed by atoms with Gasteiger partial charge in [-0.15, -0.1) is 0 Å². The van der Waals surface area contributed by atoms with Crippen molar-refractivity contribution in [3.8, 4) is 11.5 Å². The number of para-hydroxylation sites is 2. The van der Waals surface area contributed by atoms with Crippen LogP contribution in [0.25, 0.3) is 0 Å². The van der Waals surface area contributed by atoms with Crippen molar-refractivity contribution in [2.45, 2.75) is 0 Å². The lowest BCUT2D eigenvalue weighted by Crippen LogP contribution is -2.18. The Morgan fingerprint density at radius 2 is 1.69 bits per heavy atom. The van der Waals surface area contributed by atoms with Crippen molar-refractivity contribution in [3.63, 3.8) is 0 Å².